The van der Waals surface area contributed by atoms with Gasteiger partial charge in [-0.1, -0.05) is 0 Å². The molecule has 0 amide bonds. The molecule has 11 nitrogen and oxygen atoms in total. The van der Waals surface area contributed by atoms with Gasteiger partial charge >= 0.3 is 5.69 Å². The molecule has 1 aromatic rings. The van der Waals surface area contributed by atoms with Crippen LogP contribution in [0.4, 0.5) is 0 Å². The lowest BCUT2D eigenvalue weighted by atomic mass is 10.1. The molecule has 4 atom stereocenters. The number of hydrogen-bond acceptors (Lipinski definition) is 9. The fourth-order valence-corrected chi connectivity index (χ4v) is 1.88. The van der Waals surface area contributed by atoms with E-state index in [0.29, 0.717) is 0 Å². The van der Waals surface area contributed by atoms with Crippen molar-refractivity contribution in [1.29, 1.82) is 0 Å². The molecule has 1 fully saturated rings. The van der Waals surface area contributed by atoms with Crippen LogP contribution in [0, 0.1) is 6.92 Å². The molecule has 0 saturated carbocycles. The van der Waals surface area contributed by atoms with E-state index in [2.05, 4.69) is 4.98 Å². The van der Waals surface area contributed by atoms with E-state index < -0.39 is 48.9 Å². The molecule has 2 rings (SSSR count). The summed E-state index contributed by atoms with van der Waals surface area (Å²) >= 11 is 0. The first kappa shape index (κ1) is 18.4. The standard InChI is InChI=1S/C10H14N2O6.CH4O3/c1-4-2-12(10(17)11-8(4)16)9-7(15)6(14)5(3-13)18-9;2-1(3)4/h2,5-7,9,13-15H,3H2,1H3,(H,11,16,17);1-4H/t5-,6-,7-,9-;/m1./s1. The van der Waals surface area contributed by atoms with Gasteiger partial charge in [0.05, 0.1) is 6.61 Å². The van der Waals surface area contributed by atoms with E-state index in [1.54, 1.807) is 0 Å². The second kappa shape index (κ2) is 7.60. The van der Waals surface area contributed by atoms with Gasteiger partial charge in [0.15, 0.2) is 6.23 Å². The molecule has 1 aromatic heterocycles. The molecule has 0 bridgehead atoms. The highest BCUT2D eigenvalue weighted by atomic mass is 16.6. The van der Waals surface area contributed by atoms with E-state index in [9.17, 15) is 19.8 Å². The third kappa shape index (κ3) is 4.20. The molecule has 0 unspecified atom stereocenters. The Hall–Kier alpha value is -1.60. The molecule has 0 spiro atoms. The Kier molecular flexibility index (Phi) is 6.37. The summed E-state index contributed by atoms with van der Waals surface area (Å²) in [7, 11) is 0. The first-order valence-electron chi connectivity index (χ1n) is 6.17. The molecule has 0 aliphatic carbocycles. The quantitative estimate of drug-likeness (QED) is 0.264. The Morgan fingerprint density at radius 3 is 2.27 bits per heavy atom. The lowest BCUT2D eigenvalue weighted by molar-refractivity contribution is -0.198. The van der Waals surface area contributed by atoms with Crippen molar-refractivity contribution in [2.45, 2.75) is 37.9 Å². The topological polar surface area (TPSA) is 185 Å². The van der Waals surface area contributed by atoms with Crippen LogP contribution in [-0.4, -0.2) is 71.6 Å². The summed E-state index contributed by atoms with van der Waals surface area (Å²) in [5.41, 5.74) is -1.00. The first-order valence-corrected chi connectivity index (χ1v) is 6.17. The molecule has 22 heavy (non-hydrogen) atoms. The zero-order valence-electron chi connectivity index (χ0n) is 11.5. The number of aryl methyl sites for hydroxylation is 1. The predicted octanol–water partition coefficient (Wildman–Crippen LogP) is -4.30. The van der Waals surface area contributed by atoms with Gasteiger partial charge in [0.2, 0.25) is 0 Å². The largest absolute Gasteiger partial charge is 0.394 e. The summed E-state index contributed by atoms with van der Waals surface area (Å²) < 4.78 is 6.17. The van der Waals surface area contributed by atoms with Crippen LogP contribution in [-0.2, 0) is 4.74 Å². The number of rotatable bonds is 2. The monoisotopic (exact) mass is 322 g/mol. The highest BCUT2D eigenvalue weighted by molar-refractivity contribution is 5.03. The van der Waals surface area contributed by atoms with E-state index in [1.165, 1.54) is 13.1 Å². The van der Waals surface area contributed by atoms with Crippen LogP contribution >= 0.6 is 0 Å². The molecule has 7 N–H and O–H groups in total. The zero-order valence-corrected chi connectivity index (χ0v) is 11.5. The van der Waals surface area contributed by atoms with Gasteiger partial charge in [-0.2, -0.15) is 0 Å². The van der Waals surface area contributed by atoms with Crippen molar-refractivity contribution in [3.8, 4) is 0 Å². The molecule has 126 valence electrons. The lowest BCUT2D eigenvalue weighted by Gasteiger charge is -2.17. The van der Waals surface area contributed by atoms with Crippen molar-refractivity contribution >= 4 is 0 Å². The minimum absolute atomic E-state index is 0.271. The Morgan fingerprint density at radius 1 is 1.27 bits per heavy atom. The molecule has 0 aromatic carbocycles. The number of nitrogens with zero attached hydrogens (tertiary/aromatic N) is 1. The Bertz CT molecular complexity index is 593. The molecule has 11 heteroatoms. The summed E-state index contributed by atoms with van der Waals surface area (Å²) in [5, 5.41) is 49.8. The molecule has 0 radical (unpaired) electrons. The average molecular weight is 322 g/mol. The number of nitrogens with one attached hydrogen (secondary N) is 1. The van der Waals surface area contributed by atoms with Gasteiger partial charge in [0.1, 0.15) is 18.3 Å². The second-order valence-electron chi connectivity index (χ2n) is 4.55. The van der Waals surface area contributed by atoms with Crippen molar-refractivity contribution < 1.29 is 35.4 Å². The smallest absolute Gasteiger partial charge is 0.330 e. The van der Waals surface area contributed by atoms with E-state index >= 15 is 0 Å². The number of aromatic amines is 1. The Labute approximate surface area is 123 Å². The summed E-state index contributed by atoms with van der Waals surface area (Å²) in [6, 6.07) is 0. The SMILES string of the molecule is Cc1cn([C@@H]2O[C@H](CO)[C@@H](O)[C@H]2O)c(=O)[nH]c1=O.OC(O)O. The van der Waals surface area contributed by atoms with Crippen LogP contribution < -0.4 is 11.2 Å². The number of hydrogen-bond donors (Lipinski definition) is 7. The van der Waals surface area contributed by atoms with Crippen LogP contribution in [0.2, 0.25) is 0 Å². The maximum atomic E-state index is 11.6. The zero-order chi connectivity index (χ0) is 17.0. The van der Waals surface area contributed by atoms with Gasteiger partial charge in [-0.25, -0.2) is 4.79 Å². The minimum Gasteiger partial charge on any atom is -0.394 e. The molecule has 2 heterocycles. The fourth-order valence-electron chi connectivity index (χ4n) is 1.88. The van der Waals surface area contributed by atoms with Crippen LogP contribution in [0.15, 0.2) is 15.8 Å². The van der Waals surface area contributed by atoms with E-state index in [4.69, 9.17) is 25.2 Å². The molecular weight excluding hydrogens is 304 g/mol. The molecule has 1 aliphatic rings. The summed E-state index contributed by atoms with van der Waals surface area (Å²) in [6.07, 6.45) is -3.52. The fraction of sp³-hybridized carbons (Fsp3) is 0.636. The van der Waals surface area contributed by atoms with Crippen LogP contribution in [0.5, 0.6) is 0 Å². The van der Waals surface area contributed by atoms with Crippen LogP contribution in [0.25, 0.3) is 0 Å². The summed E-state index contributed by atoms with van der Waals surface area (Å²) in [4.78, 5) is 24.9. The average Bonchev–Trinajstić information content (AvgIpc) is 2.70. The van der Waals surface area contributed by atoms with Crippen molar-refractivity contribution in [2.24, 2.45) is 0 Å². The van der Waals surface area contributed by atoms with Crippen molar-refractivity contribution in [3.05, 3.63) is 32.6 Å². The van der Waals surface area contributed by atoms with Gasteiger partial charge in [-0.15, -0.1) is 0 Å². The van der Waals surface area contributed by atoms with Gasteiger partial charge in [-0.05, 0) is 6.92 Å². The highest BCUT2D eigenvalue weighted by Crippen LogP contribution is 2.27. The van der Waals surface area contributed by atoms with Crippen molar-refractivity contribution in [2.75, 3.05) is 6.61 Å². The van der Waals surface area contributed by atoms with Crippen molar-refractivity contribution in [3.63, 3.8) is 0 Å². The third-order valence-electron chi connectivity index (χ3n) is 2.94. The number of ether oxygens (including phenoxy) is 1. The molecule has 1 aliphatic heterocycles. The second-order valence-corrected chi connectivity index (χ2v) is 4.55. The van der Waals surface area contributed by atoms with E-state index in [1.807, 2.05) is 0 Å². The van der Waals surface area contributed by atoms with Crippen molar-refractivity contribution in [1.82, 2.24) is 9.55 Å². The van der Waals surface area contributed by atoms with Gasteiger partial charge in [0, 0.05) is 11.8 Å². The predicted molar refractivity (Wildman–Crippen MR) is 69.5 cm³/mol. The highest BCUT2D eigenvalue weighted by Gasteiger charge is 2.43. The Morgan fingerprint density at radius 2 is 1.82 bits per heavy atom. The van der Waals surface area contributed by atoms with E-state index in [-0.39, 0.29) is 5.56 Å². The van der Waals surface area contributed by atoms with Crippen LogP contribution in [0.1, 0.15) is 11.8 Å². The van der Waals surface area contributed by atoms with Gasteiger partial charge in [-0.3, -0.25) is 14.3 Å². The summed E-state index contributed by atoms with van der Waals surface area (Å²) in [6.45, 7) is -1.15. The Balaban J connectivity index is 0.000000541. The molecular formula is C11H18N2O9. The maximum absolute atomic E-state index is 11.6. The lowest BCUT2D eigenvalue weighted by Crippen LogP contribution is -2.38. The maximum Gasteiger partial charge on any atom is 0.330 e. The number of aliphatic hydroxyl groups excluding tert-OH is 4. The number of H-pyrrole nitrogens is 1. The normalized spacial score (nSPS) is 27.6. The van der Waals surface area contributed by atoms with Gasteiger partial charge in [0.25, 0.3) is 12.0 Å². The molecule has 1 saturated heterocycles. The number of aromatic nitrogens is 2. The third-order valence-corrected chi connectivity index (χ3v) is 2.94. The minimum atomic E-state index is -2.17. The first-order chi connectivity index (χ1) is 10.2. The van der Waals surface area contributed by atoms with Crippen LogP contribution in [0.3, 0.4) is 0 Å². The van der Waals surface area contributed by atoms with E-state index in [0.717, 1.165) is 4.57 Å². The summed E-state index contributed by atoms with van der Waals surface area (Å²) in [5.74, 6) is 0. The van der Waals surface area contributed by atoms with Gasteiger partial charge < -0.3 is 35.4 Å². The number of aliphatic hydroxyl groups is 6.